The molecule has 24 heavy (non-hydrogen) atoms. The summed E-state index contributed by atoms with van der Waals surface area (Å²) < 4.78 is 0. The number of benzene rings is 1. The molecule has 3 rings (SSSR count). The molecule has 6 nitrogen and oxygen atoms in total. The van der Waals surface area contributed by atoms with Gasteiger partial charge in [0.1, 0.15) is 0 Å². The van der Waals surface area contributed by atoms with Crippen molar-refractivity contribution in [2.24, 2.45) is 0 Å². The Morgan fingerprint density at radius 2 is 2.00 bits per heavy atom. The molecule has 1 aliphatic carbocycles. The lowest BCUT2D eigenvalue weighted by atomic mass is 9.85. The number of likely N-dealkylation sites (N-methyl/N-ethyl adjacent to an activating group) is 1. The third-order valence-electron chi connectivity index (χ3n) is 5.12. The number of amides is 1. The summed E-state index contributed by atoms with van der Waals surface area (Å²) in [7, 11) is 0. The molecule has 0 radical (unpaired) electrons. The molecule has 1 fully saturated rings. The van der Waals surface area contributed by atoms with E-state index in [0.717, 1.165) is 32.4 Å². The average molecular weight is 331 g/mol. The summed E-state index contributed by atoms with van der Waals surface area (Å²) in [6.45, 7) is 3.49. The van der Waals surface area contributed by atoms with Gasteiger partial charge in [0.05, 0.1) is 12.6 Å². The number of aliphatic carboxylic acids is 1. The smallest absolute Gasteiger partial charge is 0.317 e. The van der Waals surface area contributed by atoms with Gasteiger partial charge in [-0.15, -0.1) is 0 Å². The fraction of sp³-hybridized carbons (Fsp3) is 0.556. The van der Waals surface area contributed by atoms with Crippen molar-refractivity contribution in [3.63, 3.8) is 0 Å². The summed E-state index contributed by atoms with van der Waals surface area (Å²) in [6.07, 6.45) is 2.38. The highest BCUT2D eigenvalue weighted by atomic mass is 16.4. The first-order valence-electron chi connectivity index (χ1n) is 8.63. The Balaban J connectivity index is 1.47. The molecule has 2 aliphatic rings. The van der Waals surface area contributed by atoms with E-state index in [1.807, 2.05) is 24.0 Å². The Morgan fingerprint density at radius 1 is 1.29 bits per heavy atom. The van der Waals surface area contributed by atoms with Crippen LogP contribution in [0.1, 0.15) is 30.9 Å². The minimum atomic E-state index is -0.797. The van der Waals surface area contributed by atoms with Crippen LogP contribution in [0.15, 0.2) is 24.3 Å². The quantitative estimate of drug-likeness (QED) is 0.717. The number of hydrogen-bond acceptors (Lipinski definition) is 4. The van der Waals surface area contributed by atoms with E-state index in [0.29, 0.717) is 0 Å². The van der Waals surface area contributed by atoms with Crippen molar-refractivity contribution in [1.29, 1.82) is 0 Å². The second-order valence-electron chi connectivity index (χ2n) is 6.69. The molecular weight excluding hydrogens is 306 g/mol. The first-order chi connectivity index (χ1) is 11.6. The number of carboxylic acids is 1. The molecule has 1 atom stereocenters. The van der Waals surface area contributed by atoms with Gasteiger partial charge in [-0.3, -0.25) is 14.5 Å². The number of nitrogens with zero attached hydrogens (tertiary/aromatic N) is 1. The highest BCUT2D eigenvalue weighted by Crippen LogP contribution is 2.26. The van der Waals surface area contributed by atoms with Crippen molar-refractivity contribution in [2.45, 2.75) is 50.9 Å². The van der Waals surface area contributed by atoms with Crippen LogP contribution in [0.25, 0.3) is 0 Å². The Hall–Kier alpha value is -1.92. The molecule has 6 heteroatoms. The van der Waals surface area contributed by atoms with Gasteiger partial charge in [-0.05, 0) is 36.9 Å². The molecule has 0 saturated heterocycles. The Kier molecular flexibility index (Phi) is 5.16. The van der Waals surface area contributed by atoms with E-state index in [2.05, 4.69) is 22.8 Å². The maximum absolute atomic E-state index is 12.5. The lowest BCUT2D eigenvalue weighted by Gasteiger charge is -2.42. The first kappa shape index (κ1) is 16.9. The van der Waals surface area contributed by atoms with Crippen LogP contribution >= 0.6 is 0 Å². The fourth-order valence-corrected chi connectivity index (χ4v) is 3.62. The van der Waals surface area contributed by atoms with Crippen molar-refractivity contribution in [1.82, 2.24) is 15.5 Å². The largest absolute Gasteiger partial charge is 0.480 e. The molecule has 1 saturated carbocycles. The number of hydrogen-bond donors (Lipinski definition) is 3. The maximum Gasteiger partial charge on any atom is 0.317 e. The van der Waals surface area contributed by atoms with E-state index in [9.17, 15) is 9.59 Å². The van der Waals surface area contributed by atoms with Gasteiger partial charge in [-0.25, -0.2) is 0 Å². The highest BCUT2D eigenvalue weighted by molar-refractivity contribution is 5.82. The molecule has 1 aliphatic heterocycles. The SMILES string of the molecule is CCN(CC(=O)O)C1CC(NC(=O)[C@@H]2Cc3ccccc3CN2)C1. The molecule has 0 spiro atoms. The predicted molar refractivity (Wildman–Crippen MR) is 90.6 cm³/mol. The molecule has 0 unspecified atom stereocenters. The third kappa shape index (κ3) is 3.76. The van der Waals surface area contributed by atoms with Crippen molar-refractivity contribution in [3.05, 3.63) is 35.4 Å². The van der Waals surface area contributed by atoms with Gasteiger partial charge in [-0.2, -0.15) is 0 Å². The molecule has 0 aromatic heterocycles. The standard InChI is InChI=1S/C18H25N3O3/c1-2-21(11-17(22)23)15-8-14(9-15)20-18(24)16-7-12-5-3-4-6-13(12)10-19-16/h3-6,14-16,19H,2,7-11H2,1H3,(H,20,24)(H,22,23)/t14?,15?,16-/m0/s1. The number of carbonyl (C=O) groups excluding carboxylic acids is 1. The number of fused-ring (bicyclic) bond motifs is 1. The van der Waals surface area contributed by atoms with Gasteiger partial charge in [0, 0.05) is 18.6 Å². The Bertz CT molecular complexity index is 613. The van der Waals surface area contributed by atoms with Crippen LogP contribution in [0.5, 0.6) is 0 Å². The van der Waals surface area contributed by atoms with Gasteiger partial charge >= 0.3 is 5.97 Å². The van der Waals surface area contributed by atoms with Crippen LogP contribution < -0.4 is 10.6 Å². The topological polar surface area (TPSA) is 81.7 Å². The van der Waals surface area contributed by atoms with Crippen LogP contribution in [0.4, 0.5) is 0 Å². The normalized spacial score (nSPS) is 25.7. The molecular formula is C18H25N3O3. The zero-order chi connectivity index (χ0) is 17.1. The van der Waals surface area contributed by atoms with E-state index in [1.165, 1.54) is 11.1 Å². The number of nitrogens with one attached hydrogen (secondary N) is 2. The maximum atomic E-state index is 12.5. The zero-order valence-electron chi connectivity index (χ0n) is 14.0. The summed E-state index contributed by atoms with van der Waals surface area (Å²) in [5.74, 6) is -0.747. The molecule has 1 heterocycles. The summed E-state index contributed by atoms with van der Waals surface area (Å²) in [5, 5.41) is 15.3. The van der Waals surface area contributed by atoms with E-state index in [1.54, 1.807) is 0 Å². The number of rotatable bonds is 6. The summed E-state index contributed by atoms with van der Waals surface area (Å²) >= 11 is 0. The number of carbonyl (C=O) groups is 2. The van der Waals surface area contributed by atoms with E-state index < -0.39 is 5.97 Å². The van der Waals surface area contributed by atoms with Crippen LogP contribution in [0.3, 0.4) is 0 Å². The van der Waals surface area contributed by atoms with Crippen LogP contribution in [0, 0.1) is 0 Å². The van der Waals surface area contributed by atoms with Gasteiger partial charge in [0.15, 0.2) is 0 Å². The lowest BCUT2D eigenvalue weighted by Crippen LogP contribution is -2.58. The van der Waals surface area contributed by atoms with Crippen molar-refractivity contribution >= 4 is 11.9 Å². The van der Waals surface area contributed by atoms with Crippen LogP contribution in [-0.4, -0.2) is 53.1 Å². The highest BCUT2D eigenvalue weighted by Gasteiger charge is 2.36. The van der Waals surface area contributed by atoms with Gasteiger partial charge in [0.2, 0.25) is 5.91 Å². The third-order valence-corrected chi connectivity index (χ3v) is 5.12. The molecule has 3 N–H and O–H groups in total. The van der Waals surface area contributed by atoms with E-state index in [-0.39, 0.29) is 30.6 Å². The first-order valence-corrected chi connectivity index (χ1v) is 8.63. The zero-order valence-corrected chi connectivity index (χ0v) is 14.0. The minimum Gasteiger partial charge on any atom is -0.480 e. The Labute approximate surface area is 142 Å². The number of carboxylic acid groups (broad SMARTS) is 1. The lowest BCUT2D eigenvalue weighted by molar-refractivity contribution is -0.140. The average Bonchev–Trinajstić information content (AvgIpc) is 2.55. The molecule has 1 amide bonds. The van der Waals surface area contributed by atoms with E-state index in [4.69, 9.17) is 5.11 Å². The summed E-state index contributed by atoms with van der Waals surface area (Å²) in [6, 6.07) is 8.44. The molecule has 130 valence electrons. The molecule has 1 aromatic rings. The van der Waals surface area contributed by atoms with E-state index >= 15 is 0 Å². The van der Waals surface area contributed by atoms with Gasteiger partial charge < -0.3 is 15.7 Å². The van der Waals surface area contributed by atoms with Gasteiger partial charge in [-0.1, -0.05) is 31.2 Å². The predicted octanol–water partition coefficient (Wildman–Crippen LogP) is 0.755. The Morgan fingerprint density at radius 3 is 2.67 bits per heavy atom. The van der Waals surface area contributed by atoms with Crippen LogP contribution in [-0.2, 0) is 22.6 Å². The molecule has 0 bridgehead atoms. The second kappa shape index (κ2) is 7.32. The summed E-state index contributed by atoms with van der Waals surface area (Å²) in [5.41, 5.74) is 2.50. The second-order valence-corrected chi connectivity index (χ2v) is 6.69. The van der Waals surface area contributed by atoms with Crippen molar-refractivity contribution in [3.8, 4) is 0 Å². The van der Waals surface area contributed by atoms with Crippen molar-refractivity contribution in [2.75, 3.05) is 13.1 Å². The monoisotopic (exact) mass is 331 g/mol. The minimum absolute atomic E-state index is 0.0502. The van der Waals surface area contributed by atoms with Gasteiger partial charge in [0.25, 0.3) is 0 Å². The molecule has 1 aromatic carbocycles. The summed E-state index contributed by atoms with van der Waals surface area (Å²) in [4.78, 5) is 25.3. The van der Waals surface area contributed by atoms with Crippen molar-refractivity contribution < 1.29 is 14.7 Å². The fourth-order valence-electron chi connectivity index (χ4n) is 3.62. The van der Waals surface area contributed by atoms with Crippen LogP contribution in [0.2, 0.25) is 0 Å².